The molecular formula is C16H30N6O2. The third-order valence-corrected chi connectivity index (χ3v) is 4.11. The molecule has 8 nitrogen and oxygen atoms in total. The Morgan fingerprint density at radius 2 is 1.08 bits per heavy atom. The standard InChI is InChI=1S/C16H30N6O2/c1-7-13(8-2)17-15(23)21-11(5)20-22(12(6)19-21)16(24)18-14(9-3)10-4/h13-14H,7-10H2,1-6H3,(H,17,23)(H,18,24). The van der Waals surface area contributed by atoms with Crippen molar-refractivity contribution in [2.45, 2.75) is 79.3 Å². The minimum absolute atomic E-state index is 0.0944. The highest BCUT2D eigenvalue weighted by Crippen LogP contribution is 2.10. The van der Waals surface area contributed by atoms with Gasteiger partial charge in [0.25, 0.3) is 0 Å². The molecule has 4 amide bonds. The first-order valence-electron chi connectivity index (χ1n) is 8.69. The molecule has 0 aromatic rings. The van der Waals surface area contributed by atoms with Crippen molar-refractivity contribution >= 4 is 23.7 Å². The van der Waals surface area contributed by atoms with Crippen LogP contribution in [0.15, 0.2) is 10.2 Å². The number of hydrogen-bond acceptors (Lipinski definition) is 4. The Kier molecular flexibility index (Phi) is 7.67. The van der Waals surface area contributed by atoms with Gasteiger partial charge in [-0.1, -0.05) is 27.7 Å². The maximum absolute atomic E-state index is 12.3. The van der Waals surface area contributed by atoms with Crippen LogP contribution in [0.4, 0.5) is 9.59 Å². The molecule has 0 aromatic heterocycles. The van der Waals surface area contributed by atoms with E-state index in [1.54, 1.807) is 13.8 Å². The number of urea groups is 2. The molecule has 0 aliphatic carbocycles. The van der Waals surface area contributed by atoms with E-state index in [1.807, 2.05) is 27.7 Å². The predicted molar refractivity (Wildman–Crippen MR) is 95.7 cm³/mol. The molecule has 0 aromatic carbocycles. The van der Waals surface area contributed by atoms with Crippen LogP contribution in [0.3, 0.4) is 0 Å². The number of rotatable bonds is 6. The van der Waals surface area contributed by atoms with E-state index in [0.29, 0.717) is 11.7 Å². The van der Waals surface area contributed by atoms with E-state index in [-0.39, 0.29) is 24.1 Å². The Balaban J connectivity index is 2.82. The van der Waals surface area contributed by atoms with Gasteiger partial charge in [0.05, 0.1) is 0 Å². The zero-order valence-electron chi connectivity index (χ0n) is 15.6. The largest absolute Gasteiger partial charge is 0.344 e. The van der Waals surface area contributed by atoms with Crippen LogP contribution in [0.5, 0.6) is 0 Å². The summed E-state index contributed by atoms with van der Waals surface area (Å²) in [6, 6.07) is -0.470. The van der Waals surface area contributed by atoms with Crippen molar-refractivity contribution in [2.75, 3.05) is 0 Å². The Hall–Kier alpha value is -2.12. The quantitative estimate of drug-likeness (QED) is 0.779. The van der Waals surface area contributed by atoms with Gasteiger partial charge >= 0.3 is 12.1 Å². The fourth-order valence-electron chi connectivity index (χ4n) is 2.36. The average Bonchev–Trinajstić information content (AvgIpc) is 2.58. The maximum atomic E-state index is 12.3. The molecule has 1 rings (SSSR count). The van der Waals surface area contributed by atoms with Crippen LogP contribution in [0.2, 0.25) is 0 Å². The fraction of sp³-hybridized carbons (Fsp3) is 0.750. The number of carbonyl (C=O) groups excluding carboxylic acids is 2. The predicted octanol–water partition coefficient (Wildman–Crippen LogP) is 3.07. The van der Waals surface area contributed by atoms with Gasteiger partial charge in [-0.25, -0.2) is 9.59 Å². The Bertz CT molecular complexity index is 463. The molecule has 136 valence electrons. The van der Waals surface area contributed by atoms with E-state index in [1.165, 1.54) is 10.0 Å². The number of nitrogens with zero attached hydrogens (tertiary/aromatic N) is 4. The first-order chi connectivity index (χ1) is 11.4. The van der Waals surface area contributed by atoms with Gasteiger partial charge in [-0.05, 0) is 39.5 Å². The number of hydrazone groups is 2. The molecule has 0 radical (unpaired) electrons. The fourth-order valence-corrected chi connectivity index (χ4v) is 2.36. The van der Waals surface area contributed by atoms with Crippen molar-refractivity contribution in [3.63, 3.8) is 0 Å². The van der Waals surface area contributed by atoms with Crippen molar-refractivity contribution in [1.29, 1.82) is 0 Å². The molecule has 0 atom stereocenters. The highest BCUT2D eigenvalue weighted by atomic mass is 16.2. The third-order valence-electron chi connectivity index (χ3n) is 4.11. The van der Waals surface area contributed by atoms with Crippen LogP contribution >= 0.6 is 0 Å². The lowest BCUT2D eigenvalue weighted by Crippen LogP contribution is -2.51. The average molecular weight is 338 g/mol. The zero-order valence-corrected chi connectivity index (χ0v) is 15.6. The normalized spacial score (nSPS) is 14.7. The van der Waals surface area contributed by atoms with E-state index in [9.17, 15) is 9.59 Å². The molecule has 8 heteroatoms. The van der Waals surface area contributed by atoms with Gasteiger partial charge in [0.2, 0.25) is 0 Å². The van der Waals surface area contributed by atoms with Gasteiger partial charge in [-0.15, -0.1) is 10.2 Å². The van der Waals surface area contributed by atoms with E-state index in [4.69, 9.17) is 0 Å². The van der Waals surface area contributed by atoms with Crippen molar-refractivity contribution in [3.8, 4) is 0 Å². The molecule has 2 N–H and O–H groups in total. The first kappa shape index (κ1) is 19.9. The zero-order chi connectivity index (χ0) is 18.3. The van der Waals surface area contributed by atoms with Crippen molar-refractivity contribution in [1.82, 2.24) is 20.7 Å². The summed E-state index contributed by atoms with van der Waals surface area (Å²) in [5, 5.41) is 16.7. The smallest absolute Gasteiger partial charge is 0.333 e. The molecule has 0 unspecified atom stereocenters. The van der Waals surface area contributed by atoms with Gasteiger partial charge in [0, 0.05) is 12.1 Å². The molecular weight excluding hydrogens is 308 g/mol. The number of hydrogen-bond donors (Lipinski definition) is 2. The van der Waals surface area contributed by atoms with Crippen LogP contribution in [-0.4, -0.2) is 45.8 Å². The summed E-state index contributed by atoms with van der Waals surface area (Å²) in [6.07, 6.45) is 3.38. The first-order valence-corrected chi connectivity index (χ1v) is 8.69. The molecule has 0 bridgehead atoms. The molecule has 1 heterocycles. The van der Waals surface area contributed by atoms with Gasteiger partial charge in [0.15, 0.2) is 11.7 Å². The summed E-state index contributed by atoms with van der Waals surface area (Å²) in [5.41, 5.74) is 0. The van der Waals surface area contributed by atoms with Gasteiger partial charge in [0.1, 0.15) is 0 Å². The van der Waals surface area contributed by atoms with Crippen molar-refractivity contribution in [2.24, 2.45) is 10.2 Å². The Morgan fingerprint density at radius 1 is 0.792 bits per heavy atom. The van der Waals surface area contributed by atoms with Crippen LogP contribution in [-0.2, 0) is 0 Å². The van der Waals surface area contributed by atoms with E-state index >= 15 is 0 Å². The molecule has 24 heavy (non-hydrogen) atoms. The molecule has 1 aliphatic rings. The van der Waals surface area contributed by atoms with Crippen molar-refractivity contribution in [3.05, 3.63) is 0 Å². The van der Waals surface area contributed by atoms with Crippen molar-refractivity contribution < 1.29 is 9.59 Å². The second-order valence-electron chi connectivity index (χ2n) is 5.84. The summed E-state index contributed by atoms with van der Waals surface area (Å²) in [5.74, 6) is 0.701. The molecule has 0 spiro atoms. The summed E-state index contributed by atoms with van der Waals surface area (Å²) in [7, 11) is 0. The lowest BCUT2D eigenvalue weighted by molar-refractivity contribution is 0.205. The Morgan fingerprint density at radius 3 is 1.33 bits per heavy atom. The lowest BCUT2D eigenvalue weighted by Gasteiger charge is -2.29. The molecule has 0 fully saturated rings. The van der Waals surface area contributed by atoms with E-state index in [0.717, 1.165) is 25.7 Å². The third kappa shape index (κ3) is 4.94. The van der Waals surface area contributed by atoms with Gasteiger partial charge in [-0.3, -0.25) is 0 Å². The highest BCUT2D eigenvalue weighted by molar-refractivity contribution is 6.04. The van der Waals surface area contributed by atoms with Gasteiger partial charge < -0.3 is 10.6 Å². The number of nitrogens with one attached hydrogen (secondary N) is 2. The minimum atomic E-state index is -0.329. The number of amides is 4. The molecule has 0 saturated carbocycles. The van der Waals surface area contributed by atoms with Gasteiger partial charge in [-0.2, -0.15) is 10.0 Å². The number of amidine groups is 2. The minimum Gasteiger partial charge on any atom is -0.333 e. The van der Waals surface area contributed by atoms with Crippen LogP contribution < -0.4 is 10.6 Å². The topological polar surface area (TPSA) is 89.4 Å². The van der Waals surface area contributed by atoms with Crippen LogP contribution in [0.25, 0.3) is 0 Å². The Labute approximate surface area is 144 Å². The second-order valence-corrected chi connectivity index (χ2v) is 5.84. The second kappa shape index (κ2) is 9.24. The monoisotopic (exact) mass is 338 g/mol. The lowest BCUT2D eigenvalue weighted by atomic mass is 10.2. The summed E-state index contributed by atoms with van der Waals surface area (Å²) >= 11 is 0. The maximum Gasteiger partial charge on any atom is 0.344 e. The van der Waals surface area contributed by atoms with Crippen LogP contribution in [0, 0.1) is 0 Å². The van der Waals surface area contributed by atoms with E-state index in [2.05, 4.69) is 20.8 Å². The molecule has 1 aliphatic heterocycles. The van der Waals surface area contributed by atoms with E-state index < -0.39 is 0 Å². The summed E-state index contributed by atoms with van der Waals surface area (Å²) in [6.45, 7) is 11.4. The SMILES string of the molecule is CCC(CC)NC(=O)N1N=C(C)N(C(=O)NC(CC)CC)N=C1C. The highest BCUT2D eigenvalue weighted by Gasteiger charge is 2.28. The summed E-state index contributed by atoms with van der Waals surface area (Å²) in [4.78, 5) is 24.7. The van der Waals surface area contributed by atoms with Crippen LogP contribution in [0.1, 0.15) is 67.2 Å². The summed E-state index contributed by atoms with van der Waals surface area (Å²) < 4.78 is 0. The molecule has 0 saturated heterocycles. The number of carbonyl (C=O) groups is 2.